The van der Waals surface area contributed by atoms with Crippen molar-refractivity contribution < 1.29 is 14.3 Å². The molecule has 98 valence electrons. The van der Waals surface area contributed by atoms with Crippen molar-refractivity contribution in [1.82, 2.24) is 4.90 Å². The van der Waals surface area contributed by atoms with Gasteiger partial charge < -0.3 is 9.47 Å². The van der Waals surface area contributed by atoms with E-state index in [4.69, 9.17) is 9.47 Å². The minimum atomic E-state index is 0.328. The molecule has 1 fully saturated rings. The maximum Gasteiger partial charge on any atom is 0.146 e. The van der Waals surface area contributed by atoms with Crippen LogP contribution < -0.4 is 9.47 Å². The first-order chi connectivity index (χ1) is 8.72. The van der Waals surface area contributed by atoms with Crippen molar-refractivity contribution in [3.05, 3.63) is 23.8 Å². The smallest absolute Gasteiger partial charge is 0.146 e. The molecule has 1 aromatic rings. The Labute approximate surface area is 107 Å². The van der Waals surface area contributed by atoms with Crippen LogP contribution in [0.2, 0.25) is 0 Å². The number of nitrogens with zero attached hydrogens (tertiary/aromatic N) is 1. The van der Waals surface area contributed by atoms with Gasteiger partial charge in [-0.1, -0.05) is 6.07 Å². The monoisotopic (exact) mass is 249 g/mol. The van der Waals surface area contributed by atoms with E-state index in [0.29, 0.717) is 12.3 Å². The summed E-state index contributed by atoms with van der Waals surface area (Å²) in [6.45, 7) is 2.27. The molecule has 0 aromatic heterocycles. The Hall–Kier alpha value is -1.55. The van der Waals surface area contributed by atoms with Gasteiger partial charge in [0.05, 0.1) is 20.8 Å². The van der Waals surface area contributed by atoms with Crippen molar-refractivity contribution >= 4 is 5.78 Å². The summed E-state index contributed by atoms with van der Waals surface area (Å²) in [6, 6.07) is 5.79. The maximum absolute atomic E-state index is 11.4. The van der Waals surface area contributed by atoms with E-state index in [0.717, 1.165) is 43.0 Å². The number of ketones is 1. The lowest BCUT2D eigenvalue weighted by atomic mass is 10.1. The molecule has 1 aromatic carbocycles. The van der Waals surface area contributed by atoms with E-state index in [9.17, 15) is 4.79 Å². The molecule has 18 heavy (non-hydrogen) atoms. The minimum Gasteiger partial charge on any atom is -0.497 e. The molecule has 4 nitrogen and oxygen atoms in total. The van der Waals surface area contributed by atoms with Crippen LogP contribution in [0.4, 0.5) is 0 Å². The van der Waals surface area contributed by atoms with Crippen LogP contribution in [0.15, 0.2) is 18.2 Å². The van der Waals surface area contributed by atoms with E-state index >= 15 is 0 Å². The van der Waals surface area contributed by atoms with Crippen LogP contribution in [0, 0.1) is 0 Å². The molecule has 0 N–H and O–H groups in total. The lowest BCUT2D eigenvalue weighted by Crippen LogP contribution is -2.35. The maximum atomic E-state index is 11.4. The highest BCUT2D eigenvalue weighted by Gasteiger charge is 2.18. The van der Waals surface area contributed by atoms with E-state index < -0.39 is 0 Å². The van der Waals surface area contributed by atoms with E-state index in [1.54, 1.807) is 14.2 Å². The molecule has 0 amide bonds. The van der Waals surface area contributed by atoms with E-state index in [2.05, 4.69) is 4.90 Å². The van der Waals surface area contributed by atoms with Crippen LogP contribution in [0.1, 0.15) is 18.4 Å². The largest absolute Gasteiger partial charge is 0.497 e. The first-order valence-electron chi connectivity index (χ1n) is 6.18. The number of piperidine rings is 1. The van der Waals surface area contributed by atoms with Crippen molar-refractivity contribution in [2.75, 3.05) is 27.3 Å². The minimum absolute atomic E-state index is 0.328. The van der Waals surface area contributed by atoms with Gasteiger partial charge in [0.25, 0.3) is 0 Å². The van der Waals surface area contributed by atoms with Crippen LogP contribution in [-0.2, 0) is 11.3 Å². The lowest BCUT2D eigenvalue weighted by molar-refractivity contribution is -0.122. The summed E-state index contributed by atoms with van der Waals surface area (Å²) >= 11 is 0. The number of carbonyl (C=O) groups is 1. The predicted molar refractivity (Wildman–Crippen MR) is 69.1 cm³/mol. The number of methoxy groups -OCH3 is 2. The van der Waals surface area contributed by atoms with Crippen molar-refractivity contribution in [2.24, 2.45) is 0 Å². The third kappa shape index (κ3) is 3.01. The summed E-state index contributed by atoms with van der Waals surface area (Å²) in [7, 11) is 3.29. The number of hydrogen-bond donors (Lipinski definition) is 0. The van der Waals surface area contributed by atoms with Crippen LogP contribution in [-0.4, -0.2) is 38.0 Å². The normalized spacial score (nSPS) is 16.7. The van der Waals surface area contributed by atoms with E-state index in [-0.39, 0.29) is 0 Å². The second-order valence-corrected chi connectivity index (χ2v) is 4.53. The van der Waals surface area contributed by atoms with Crippen molar-refractivity contribution in [3.63, 3.8) is 0 Å². The highest BCUT2D eigenvalue weighted by atomic mass is 16.5. The molecular formula is C14H19NO3. The van der Waals surface area contributed by atoms with Crippen LogP contribution in [0.25, 0.3) is 0 Å². The quantitative estimate of drug-likeness (QED) is 0.816. The number of rotatable bonds is 4. The molecule has 0 saturated carbocycles. The summed E-state index contributed by atoms with van der Waals surface area (Å²) in [4.78, 5) is 13.6. The van der Waals surface area contributed by atoms with Crippen LogP contribution in [0.5, 0.6) is 11.5 Å². The summed E-state index contributed by atoms with van der Waals surface area (Å²) in [5.74, 6) is 1.92. The Bertz CT molecular complexity index is 431. The number of benzene rings is 1. The fraction of sp³-hybridized carbons (Fsp3) is 0.500. The standard InChI is InChI=1S/C14H19NO3/c1-17-13-6-5-11(14(8-13)18-2)9-15-7-3-4-12(16)10-15/h5-6,8H,3-4,7,9-10H2,1-2H3. The number of Topliss-reactive ketones (excluding diaryl/α,β-unsaturated/α-hetero) is 1. The van der Waals surface area contributed by atoms with Gasteiger partial charge in [0.2, 0.25) is 0 Å². The van der Waals surface area contributed by atoms with Gasteiger partial charge in [0.15, 0.2) is 0 Å². The van der Waals surface area contributed by atoms with E-state index in [1.165, 1.54) is 0 Å². The third-order valence-electron chi connectivity index (χ3n) is 3.22. The first kappa shape index (κ1) is 12.9. The molecule has 1 aliphatic rings. The molecule has 1 aliphatic heterocycles. The van der Waals surface area contributed by atoms with Crippen molar-refractivity contribution in [3.8, 4) is 11.5 Å². The van der Waals surface area contributed by atoms with E-state index in [1.807, 2.05) is 18.2 Å². The Morgan fingerprint density at radius 2 is 2.11 bits per heavy atom. The summed E-state index contributed by atoms with van der Waals surface area (Å²) in [6.07, 6.45) is 1.67. The Morgan fingerprint density at radius 1 is 1.28 bits per heavy atom. The van der Waals surface area contributed by atoms with Crippen LogP contribution in [0.3, 0.4) is 0 Å². The SMILES string of the molecule is COc1ccc(CN2CCCC(=O)C2)c(OC)c1. The summed E-state index contributed by atoms with van der Waals surface area (Å²) in [5.41, 5.74) is 1.09. The zero-order chi connectivity index (χ0) is 13.0. The second kappa shape index (κ2) is 5.87. The fourth-order valence-electron chi connectivity index (χ4n) is 2.27. The van der Waals surface area contributed by atoms with Gasteiger partial charge in [-0.15, -0.1) is 0 Å². The number of ether oxygens (including phenoxy) is 2. The zero-order valence-electron chi connectivity index (χ0n) is 10.9. The molecule has 0 aliphatic carbocycles. The van der Waals surface area contributed by atoms with Gasteiger partial charge in [-0.05, 0) is 19.0 Å². The molecule has 0 spiro atoms. The average Bonchev–Trinajstić information content (AvgIpc) is 2.39. The Morgan fingerprint density at radius 3 is 2.78 bits per heavy atom. The third-order valence-corrected chi connectivity index (χ3v) is 3.22. The van der Waals surface area contributed by atoms with Crippen molar-refractivity contribution in [1.29, 1.82) is 0 Å². The van der Waals surface area contributed by atoms with Gasteiger partial charge in [-0.2, -0.15) is 0 Å². The fourth-order valence-corrected chi connectivity index (χ4v) is 2.27. The van der Waals surface area contributed by atoms with Crippen LogP contribution >= 0.6 is 0 Å². The van der Waals surface area contributed by atoms with Crippen molar-refractivity contribution in [2.45, 2.75) is 19.4 Å². The molecule has 2 rings (SSSR count). The molecule has 1 saturated heterocycles. The lowest BCUT2D eigenvalue weighted by Gasteiger charge is -2.26. The Balaban J connectivity index is 2.10. The molecule has 0 atom stereocenters. The average molecular weight is 249 g/mol. The Kier molecular flexibility index (Phi) is 4.20. The molecular weight excluding hydrogens is 230 g/mol. The van der Waals surface area contributed by atoms with Gasteiger partial charge in [0, 0.05) is 24.6 Å². The second-order valence-electron chi connectivity index (χ2n) is 4.53. The van der Waals surface area contributed by atoms with Gasteiger partial charge in [-0.25, -0.2) is 0 Å². The number of carbonyl (C=O) groups excluding carboxylic acids is 1. The zero-order valence-corrected chi connectivity index (χ0v) is 10.9. The highest BCUT2D eigenvalue weighted by molar-refractivity contribution is 5.81. The van der Waals surface area contributed by atoms with Gasteiger partial charge >= 0.3 is 0 Å². The molecule has 1 heterocycles. The van der Waals surface area contributed by atoms with Gasteiger partial charge in [-0.3, -0.25) is 9.69 Å². The summed E-state index contributed by atoms with van der Waals surface area (Å²) < 4.78 is 10.5. The number of likely N-dealkylation sites (tertiary alicyclic amines) is 1. The molecule has 0 unspecified atom stereocenters. The topological polar surface area (TPSA) is 38.8 Å². The molecule has 0 radical (unpaired) electrons. The summed E-state index contributed by atoms with van der Waals surface area (Å²) in [5, 5.41) is 0. The molecule has 0 bridgehead atoms. The first-order valence-corrected chi connectivity index (χ1v) is 6.18. The predicted octanol–water partition coefficient (Wildman–Crippen LogP) is 1.87. The molecule has 4 heteroatoms. The number of hydrogen-bond acceptors (Lipinski definition) is 4. The highest BCUT2D eigenvalue weighted by Crippen LogP contribution is 2.26. The van der Waals surface area contributed by atoms with Gasteiger partial charge in [0.1, 0.15) is 17.3 Å².